The summed E-state index contributed by atoms with van der Waals surface area (Å²) in [7, 11) is -3.36. The molecule has 2 aromatic carbocycles. The van der Waals surface area contributed by atoms with Crippen molar-refractivity contribution in [3.63, 3.8) is 0 Å². The van der Waals surface area contributed by atoms with Gasteiger partial charge >= 0.3 is 12.1 Å². The molecular weight excluding hydrogens is 453 g/mol. The number of aromatic carboxylic acids is 1. The van der Waals surface area contributed by atoms with Gasteiger partial charge in [0.05, 0.1) is 35.7 Å². The van der Waals surface area contributed by atoms with E-state index in [0.717, 1.165) is 30.3 Å². The van der Waals surface area contributed by atoms with Gasteiger partial charge in [-0.05, 0) is 49.2 Å². The molecule has 0 spiro atoms. The van der Waals surface area contributed by atoms with Crippen LogP contribution in [0.4, 0.5) is 24.5 Å². The summed E-state index contributed by atoms with van der Waals surface area (Å²) < 4.78 is 73.2. The number of benzene rings is 2. The minimum atomic E-state index is -4.72. The number of carboxylic acids is 1. The van der Waals surface area contributed by atoms with Gasteiger partial charge < -0.3 is 19.8 Å². The van der Waals surface area contributed by atoms with Gasteiger partial charge in [0.15, 0.2) is 0 Å². The lowest BCUT2D eigenvalue weighted by atomic mass is 10.1. The number of aliphatic hydroxyl groups excluding tert-OH is 1. The number of ether oxygens (including phenoxy) is 1. The van der Waals surface area contributed by atoms with Gasteiger partial charge in [0.25, 0.3) is 10.0 Å². The lowest BCUT2D eigenvalue weighted by molar-refractivity contribution is -0.137. The summed E-state index contributed by atoms with van der Waals surface area (Å²) in [6, 6.07) is 5.79. The fourth-order valence-electron chi connectivity index (χ4n) is 3.46. The predicted molar refractivity (Wildman–Crippen MR) is 110 cm³/mol. The standard InChI is InChI=1S/C20H21F3N2O6S/c1-31-17-7-4-12(19(27)28)9-18(17)32(29,30)24-15-10-13(20(21,22)23)5-6-16(15)25-8-2-3-14(26)11-25/h4-7,9-10,14,24,26H,2-3,8,11H2,1H3,(H,27,28)/t14-/m0/s1. The number of nitrogens with one attached hydrogen (secondary N) is 1. The van der Waals surface area contributed by atoms with Crippen molar-refractivity contribution in [2.45, 2.75) is 30.0 Å². The molecule has 174 valence electrons. The van der Waals surface area contributed by atoms with Crippen molar-refractivity contribution in [1.29, 1.82) is 0 Å². The molecular formula is C20H21F3N2O6S. The molecule has 0 aliphatic carbocycles. The number of methoxy groups -OCH3 is 1. The molecule has 0 amide bonds. The topological polar surface area (TPSA) is 116 Å². The van der Waals surface area contributed by atoms with Crippen LogP contribution in [0.25, 0.3) is 0 Å². The molecule has 0 saturated carbocycles. The smallest absolute Gasteiger partial charge is 0.416 e. The highest BCUT2D eigenvalue weighted by Gasteiger charge is 2.33. The van der Waals surface area contributed by atoms with Crippen molar-refractivity contribution in [2.75, 3.05) is 29.8 Å². The number of carbonyl (C=O) groups is 1. The molecule has 3 N–H and O–H groups in total. The van der Waals surface area contributed by atoms with E-state index in [-0.39, 0.29) is 29.2 Å². The average molecular weight is 474 g/mol. The Labute approximate surface area is 182 Å². The number of hydrogen-bond acceptors (Lipinski definition) is 6. The minimum absolute atomic E-state index is 0.123. The van der Waals surface area contributed by atoms with E-state index in [9.17, 15) is 36.6 Å². The van der Waals surface area contributed by atoms with Crippen LogP contribution in [0.1, 0.15) is 28.8 Å². The number of anilines is 2. The molecule has 1 fully saturated rings. The molecule has 0 bridgehead atoms. The maximum absolute atomic E-state index is 13.3. The maximum atomic E-state index is 13.3. The first kappa shape index (κ1) is 23.7. The largest absolute Gasteiger partial charge is 0.495 e. The first-order chi connectivity index (χ1) is 14.9. The van der Waals surface area contributed by atoms with E-state index in [4.69, 9.17) is 4.74 Å². The molecule has 3 rings (SSSR count). The molecule has 0 radical (unpaired) electrons. The van der Waals surface area contributed by atoms with Crippen LogP contribution in [0.2, 0.25) is 0 Å². The number of alkyl halides is 3. The van der Waals surface area contributed by atoms with Crippen LogP contribution in [0.3, 0.4) is 0 Å². The molecule has 0 unspecified atom stereocenters. The number of nitrogens with zero attached hydrogens (tertiary/aromatic N) is 1. The monoisotopic (exact) mass is 474 g/mol. The Balaban J connectivity index is 2.10. The zero-order chi connectivity index (χ0) is 23.7. The maximum Gasteiger partial charge on any atom is 0.416 e. The summed E-state index contributed by atoms with van der Waals surface area (Å²) in [5.74, 6) is -1.56. The van der Waals surface area contributed by atoms with Gasteiger partial charge in [-0.3, -0.25) is 4.72 Å². The Morgan fingerprint density at radius 2 is 1.94 bits per heavy atom. The van der Waals surface area contributed by atoms with Crippen LogP contribution in [0, 0.1) is 0 Å². The number of carboxylic acid groups (broad SMARTS) is 1. The predicted octanol–water partition coefficient (Wildman–Crippen LogP) is 3.17. The van der Waals surface area contributed by atoms with Crippen LogP contribution in [-0.2, 0) is 16.2 Å². The van der Waals surface area contributed by atoms with Gasteiger partial charge in [-0.2, -0.15) is 13.2 Å². The minimum Gasteiger partial charge on any atom is -0.495 e. The summed E-state index contributed by atoms with van der Waals surface area (Å²) in [6.07, 6.45) is -4.33. The zero-order valence-electron chi connectivity index (χ0n) is 16.9. The molecule has 2 aromatic rings. The normalized spacial score (nSPS) is 17.2. The highest BCUT2D eigenvalue weighted by atomic mass is 32.2. The molecule has 1 aliphatic heterocycles. The van der Waals surface area contributed by atoms with Gasteiger partial charge in [-0.1, -0.05) is 0 Å². The van der Waals surface area contributed by atoms with Gasteiger partial charge in [0.1, 0.15) is 10.6 Å². The third-order valence-electron chi connectivity index (χ3n) is 5.01. The Morgan fingerprint density at radius 3 is 2.53 bits per heavy atom. The number of aliphatic hydroxyl groups is 1. The average Bonchev–Trinajstić information content (AvgIpc) is 2.72. The van der Waals surface area contributed by atoms with Crippen molar-refractivity contribution in [1.82, 2.24) is 0 Å². The Morgan fingerprint density at radius 1 is 1.22 bits per heavy atom. The van der Waals surface area contributed by atoms with E-state index in [1.165, 1.54) is 7.11 Å². The summed E-state index contributed by atoms with van der Waals surface area (Å²) in [6.45, 7) is 0.535. The first-order valence-electron chi connectivity index (χ1n) is 9.51. The lowest BCUT2D eigenvalue weighted by Gasteiger charge is -2.33. The molecule has 1 saturated heterocycles. The van der Waals surface area contributed by atoms with Crippen molar-refractivity contribution < 1.29 is 41.3 Å². The fourth-order valence-corrected chi connectivity index (χ4v) is 4.72. The van der Waals surface area contributed by atoms with Crippen LogP contribution < -0.4 is 14.4 Å². The van der Waals surface area contributed by atoms with Crippen molar-refractivity contribution in [2.24, 2.45) is 0 Å². The highest BCUT2D eigenvalue weighted by molar-refractivity contribution is 7.92. The summed E-state index contributed by atoms with van der Waals surface area (Å²) in [5, 5.41) is 19.1. The summed E-state index contributed by atoms with van der Waals surface area (Å²) >= 11 is 0. The van der Waals surface area contributed by atoms with Gasteiger partial charge in [0.2, 0.25) is 0 Å². The van der Waals surface area contributed by atoms with Gasteiger partial charge in [-0.15, -0.1) is 0 Å². The van der Waals surface area contributed by atoms with Crippen LogP contribution in [0.5, 0.6) is 5.75 Å². The fraction of sp³-hybridized carbons (Fsp3) is 0.350. The quantitative estimate of drug-likeness (QED) is 0.589. The van der Waals surface area contributed by atoms with Crippen molar-refractivity contribution in [3.05, 3.63) is 47.5 Å². The second kappa shape index (κ2) is 8.87. The molecule has 32 heavy (non-hydrogen) atoms. The number of rotatable bonds is 6. The molecule has 12 heteroatoms. The van der Waals surface area contributed by atoms with Crippen molar-refractivity contribution in [3.8, 4) is 5.75 Å². The summed E-state index contributed by atoms with van der Waals surface area (Å²) in [5.41, 5.74) is -1.59. The second-order valence-corrected chi connectivity index (χ2v) is 8.90. The highest BCUT2D eigenvalue weighted by Crippen LogP contribution is 2.38. The number of hydrogen-bond donors (Lipinski definition) is 3. The Bertz CT molecular complexity index is 1120. The SMILES string of the molecule is COc1ccc(C(=O)O)cc1S(=O)(=O)Nc1cc(C(F)(F)F)ccc1N1CCC[C@H](O)C1. The summed E-state index contributed by atoms with van der Waals surface area (Å²) in [4.78, 5) is 12.3. The Hall–Kier alpha value is -2.99. The third-order valence-corrected chi connectivity index (χ3v) is 6.39. The number of β-amino-alcohol motifs (C(OH)–C–C–N with tert-alkyl or cyclic N) is 1. The second-order valence-electron chi connectivity index (χ2n) is 7.25. The van der Waals surface area contributed by atoms with E-state index in [0.29, 0.717) is 25.5 Å². The van der Waals surface area contributed by atoms with E-state index < -0.39 is 38.7 Å². The zero-order valence-corrected chi connectivity index (χ0v) is 17.7. The van der Waals surface area contributed by atoms with Crippen LogP contribution >= 0.6 is 0 Å². The first-order valence-corrected chi connectivity index (χ1v) is 11.0. The number of sulfonamides is 1. The van der Waals surface area contributed by atoms with E-state index in [1.54, 1.807) is 4.90 Å². The number of piperidine rings is 1. The third kappa shape index (κ3) is 5.07. The molecule has 8 nitrogen and oxygen atoms in total. The van der Waals surface area contributed by atoms with Crippen LogP contribution in [0.15, 0.2) is 41.3 Å². The molecule has 1 atom stereocenters. The van der Waals surface area contributed by atoms with E-state index in [2.05, 4.69) is 4.72 Å². The molecule has 1 heterocycles. The van der Waals surface area contributed by atoms with Crippen LogP contribution in [-0.4, -0.2) is 50.9 Å². The lowest BCUT2D eigenvalue weighted by Crippen LogP contribution is -2.38. The number of halogens is 3. The molecule has 1 aliphatic rings. The Kier molecular flexibility index (Phi) is 6.56. The van der Waals surface area contributed by atoms with E-state index >= 15 is 0 Å². The van der Waals surface area contributed by atoms with E-state index in [1.807, 2.05) is 0 Å². The van der Waals surface area contributed by atoms with Gasteiger partial charge in [-0.25, -0.2) is 13.2 Å². The molecule has 0 aromatic heterocycles. The van der Waals surface area contributed by atoms with Crippen molar-refractivity contribution >= 4 is 27.4 Å². The van der Waals surface area contributed by atoms with Gasteiger partial charge in [0, 0.05) is 13.1 Å².